The molecular weight excluding hydrogens is 572 g/mol. The van der Waals surface area contributed by atoms with Gasteiger partial charge in [-0.15, -0.1) is 0 Å². The molecule has 2 heterocycles. The maximum Gasteiger partial charge on any atom is 0.431 e. The van der Waals surface area contributed by atoms with E-state index >= 15 is 0 Å². The zero-order valence-corrected chi connectivity index (χ0v) is 25.7. The predicted molar refractivity (Wildman–Crippen MR) is 196 cm³/mol. The highest BCUT2D eigenvalue weighted by atomic mass is 16.4. The standard InChI is InChI=1S/C42H29B2NO2/c1-5-17-30(18-6-1)34-29-35(31-19-7-2-8-20-31)41-42-40(34)43(46-32-21-9-3-10-22-32)36-25-13-15-27-38(36)45(42)39-28-16-14-26-37(39)44(41)47-33-23-11-4-12-24-33/h1-29H. The Morgan fingerprint density at radius 1 is 0.383 bits per heavy atom. The van der Waals surface area contributed by atoms with E-state index in [4.69, 9.17) is 9.31 Å². The van der Waals surface area contributed by atoms with Crippen LogP contribution in [0.1, 0.15) is 0 Å². The Labute approximate surface area is 275 Å². The van der Waals surface area contributed by atoms with Crippen molar-refractivity contribution in [1.29, 1.82) is 0 Å². The van der Waals surface area contributed by atoms with E-state index in [2.05, 4.69) is 120 Å². The van der Waals surface area contributed by atoms with Gasteiger partial charge in [0.2, 0.25) is 0 Å². The fraction of sp³-hybridized carbons (Fsp3) is 0. The van der Waals surface area contributed by atoms with Gasteiger partial charge in [0.25, 0.3) is 0 Å². The van der Waals surface area contributed by atoms with Crippen LogP contribution in [0, 0.1) is 0 Å². The minimum atomic E-state index is -0.360. The first kappa shape index (κ1) is 27.4. The summed E-state index contributed by atoms with van der Waals surface area (Å²) in [6.07, 6.45) is 0. The highest BCUT2D eigenvalue weighted by Gasteiger charge is 2.48. The Kier molecular flexibility index (Phi) is 6.68. The Morgan fingerprint density at radius 2 is 0.745 bits per heavy atom. The number of anilines is 3. The molecule has 0 radical (unpaired) electrons. The zero-order valence-electron chi connectivity index (χ0n) is 25.7. The molecule has 5 heteroatoms. The molecule has 9 rings (SSSR count). The minimum absolute atomic E-state index is 0.360. The van der Waals surface area contributed by atoms with Crippen LogP contribution < -0.4 is 36.1 Å². The van der Waals surface area contributed by atoms with Crippen LogP contribution in [0.2, 0.25) is 0 Å². The van der Waals surface area contributed by atoms with Crippen LogP contribution in [0.15, 0.2) is 176 Å². The third-order valence-corrected chi connectivity index (χ3v) is 9.21. The number of para-hydroxylation sites is 4. The van der Waals surface area contributed by atoms with Gasteiger partial charge in [-0.3, -0.25) is 0 Å². The second kappa shape index (κ2) is 11.5. The molecule has 0 aromatic heterocycles. The van der Waals surface area contributed by atoms with Gasteiger partial charge in [-0.05, 0) is 75.6 Å². The zero-order chi connectivity index (χ0) is 31.2. The molecule has 0 saturated carbocycles. The van der Waals surface area contributed by atoms with Gasteiger partial charge in [-0.1, -0.05) is 133 Å². The number of nitrogens with zero attached hydrogens (tertiary/aromatic N) is 1. The summed E-state index contributed by atoms with van der Waals surface area (Å²) < 4.78 is 14.1. The second-order valence-electron chi connectivity index (χ2n) is 12.0. The van der Waals surface area contributed by atoms with Crippen molar-refractivity contribution in [2.45, 2.75) is 0 Å². The molecule has 7 aromatic rings. The van der Waals surface area contributed by atoms with E-state index in [1.54, 1.807) is 0 Å². The summed E-state index contributed by atoms with van der Waals surface area (Å²) in [7, 11) is 0. The number of fused-ring (bicyclic) bond motifs is 4. The monoisotopic (exact) mass is 601 g/mol. The summed E-state index contributed by atoms with van der Waals surface area (Å²) >= 11 is 0. The Morgan fingerprint density at radius 3 is 1.17 bits per heavy atom. The Balaban J connectivity index is 1.43. The fourth-order valence-corrected chi connectivity index (χ4v) is 7.21. The highest BCUT2D eigenvalue weighted by molar-refractivity contribution is 6.90. The van der Waals surface area contributed by atoms with Gasteiger partial charge in [0.15, 0.2) is 0 Å². The van der Waals surface area contributed by atoms with E-state index in [-0.39, 0.29) is 13.8 Å². The van der Waals surface area contributed by atoms with E-state index in [0.29, 0.717) is 0 Å². The van der Waals surface area contributed by atoms with Crippen molar-refractivity contribution in [3.8, 4) is 33.8 Å². The van der Waals surface area contributed by atoms with E-state index in [9.17, 15) is 0 Å². The van der Waals surface area contributed by atoms with Crippen molar-refractivity contribution in [3.63, 3.8) is 0 Å². The van der Waals surface area contributed by atoms with Crippen LogP contribution in [0.25, 0.3) is 22.3 Å². The van der Waals surface area contributed by atoms with E-state index in [0.717, 1.165) is 72.7 Å². The van der Waals surface area contributed by atoms with E-state index in [1.807, 2.05) is 60.7 Å². The van der Waals surface area contributed by atoms with Gasteiger partial charge in [-0.2, -0.15) is 0 Å². The quantitative estimate of drug-likeness (QED) is 0.185. The lowest BCUT2D eigenvalue weighted by atomic mass is 9.44. The summed E-state index contributed by atoms with van der Waals surface area (Å²) in [4.78, 5) is 2.45. The topological polar surface area (TPSA) is 21.7 Å². The van der Waals surface area contributed by atoms with E-state index < -0.39 is 0 Å². The molecule has 0 bridgehead atoms. The summed E-state index contributed by atoms with van der Waals surface area (Å²) in [5.41, 5.74) is 12.4. The summed E-state index contributed by atoms with van der Waals surface area (Å²) in [5.74, 6) is 1.66. The first-order valence-electron chi connectivity index (χ1n) is 16.1. The van der Waals surface area contributed by atoms with Crippen molar-refractivity contribution in [1.82, 2.24) is 0 Å². The number of hydrogen-bond donors (Lipinski definition) is 0. The largest absolute Gasteiger partial charge is 0.551 e. The summed E-state index contributed by atoms with van der Waals surface area (Å²) in [6.45, 7) is -0.720. The molecular formula is C42H29B2NO2. The predicted octanol–water partition coefficient (Wildman–Crippen LogP) is 7.49. The maximum atomic E-state index is 7.06. The molecule has 3 nitrogen and oxygen atoms in total. The lowest BCUT2D eigenvalue weighted by molar-refractivity contribution is 0.590. The average molecular weight is 601 g/mol. The van der Waals surface area contributed by atoms with Gasteiger partial charge >= 0.3 is 13.8 Å². The third kappa shape index (κ3) is 4.62. The number of rotatable bonds is 6. The lowest BCUT2D eigenvalue weighted by Gasteiger charge is -2.44. The molecule has 0 unspecified atom stereocenters. The summed E-state index contributed by atoms with van der Waals surface area (Å²) in [5, 5.41) is 0. The lowest BCUT2D eigenvalue weighted by Crippen LogP contribution is -2.63. The van der Waals surface area contributed by atoms with E-state index in [1.165, 1.54) is 0 Å². The van der Waals surface area contributed by atoms with Crippen molar-refractivity contribution in [3.05, 3.63) is 176 Å². The van der Waals surface area contributed by atoms with Crippen LogP contribution >= 0.6 is 0 Å². The number of hydrogen-bond acceptors (Lipinski definition) is 3. The Bertz CT molecular complexity index is 2060. The second-order valence-corrected chi connectivity index (χ2v) is 12.0. The van der Waals surface area contributed by atoms with Gasteiger partial charge in [0.1, 0.15) is 0 Å². The first-order chi connectivity index (χ1) is 23.3. The molecule has 0 fully saturated rings. The first-order valence-corrected chi connectivity index (χ1v) is 16.1. The van der Waals surface area contributed by atoms with Crippen LogP contribution in [0.4, 0.5) is 17.1 Å². The van der Waals surface area contributed by atoms with Crippen molar-refractivity contribution in [2.24, 2.45) is 0 Å². The van der Waals surface area contributed by atoms with Crippen LogP contribution in [0.5, 0.6) is 11.5 Å². The molecule has 2 aliphatic heterocycles. The molecule has 2 aliphatic rings. The molecule has 0 N–H and O–H groups in total. The van der Waals surface area contributed by atoms with Crippen molar-refractivity contribution < 1.29 is 9.31 Å². The van der Waals surface area contributed by atoms with Gasteiger partial charge in [0.05, 0.1) is 11.5 Å². The highest BCUT2D eigenvalue weighted by Crippen LogP contribution is 2.42. The molecule has 0 amide bonds. The van der Waals surface area contributed by atoms with Gasteiger partial charge in [-0.25, -0.2) is 0 Å². The SMILES string of the molecule is c1ccc(OB2c3ccccc3N3c4ccccc4B(Oc4ccccc4)c4c(-c5ccccc5)cc(-c5ccccc5)c2c43)cc1. The van der Waals surface area contributed by atoms with Gasteiger partial charge < -0.3 is 14.2 Å². The minimum Gasteiger partial charge on any atom is -0.551 e. The molecule has 0 atom stereocenters. The third-order valence-electron chi connectivity index (χ3n) is 9.21. The van der Waals surface area contributed by atoms with Crippen molar-refractivity contribution in [2.75, 3.05) is 4.90 Å². The van der Waals surface area contributed by atoms with Crippen LogP contribution in [0.3, 0.4) is 0 Å². The van der Waals surface area contributed by atoms with Crippen molar-refractivity contribution >= 4 is 52.7 Å². The molecule has 47 heavy (non-hydrogen) atoms. The molecule has 0 aliphatic carbocycles. The van der Waals surface area contributed by atoms with Gasteiger partial charge in [0, 0.05) is 28.0 Å². The van der Waals surface area contributed by atoms with Crippen LogP contribution in [-0.4, -0.2) is 13.8 Å². The summed E-state index contributed by atoms with van der Waals surface area (Å²) in [6, 6.07) is 61.4. The van der Waals surface area contributed by atoms with Crippen LogP contribution in [-0.2, 0) is 0 Å². The molecule has 0 spiro atoms. The molecule has 0 saturated heterocycles. The smallest absolute Gasteiger partial charge is 0.431 e. The fourth-order valence-electron chi connectivity index (χ4n) is 7.21. The molecule has 7 aromatic carbocycles. The average Bonchev–Trinajstić information content (AvgIpc) is 3.15. The normalized spacial score (nSPS) is 12.6. The maximum absolute atomic E-state index is 7.06. The Hall–Kier alpha value is -5.93. The molecule has 220 valence electrons. The number of benzene rings is 7.